The summed E-state index contributed by atoms with van der Waals surface area (Å²) in [7, 11) is 1.54. The van der Waals surface area contributed by atoms with Gasteiger partial charge in [-0.05, 0) is 38.0 Å². The summed E-state index contributed by atoms with van der Waals surface area (Å²) in [6.07, 6.45) is 2.29. The normalized spacial score (nSPS) is 13.9. The molecule has 0 spiro atoms. The molecule has 6 nitrogen and oxygen atoms in total. The number of aromatic nitrogens is 2. The van der Waals surface area contributed by atoms with Crippen LogP contribution in [0, 0.1) is 6.92 Å². The first kappa shape index (κ1) is 16.5. The van der Waals surface area contributed by atoms with Crippen LogP contribution in [0.2, 0.25) is 5.02 Å². The van der Waals surface area contributed by atoms with E-state index in [4.69, 9.17) is 16.3 Å². The number of aryl methyl sites for hydroxylation is 1. The van der Waals surface area contributed by atoms with E-state index in [1.165, 1.54) is 0 Å². The molecule has 1 fully saturated rings. The van der Waals surface area contributed by atoms with Crippen molar-refractivity contribution in [2.45, 2.75) is 19.8 Å². The molecule has 1 aliphatic rings. The number of ether oxygens (including phenoxy) is 1. The van der Waals surface area contributed by atoms with Gasteiger partial charge in [0.25, 0.3) is 5.91 Å². The predicted octanol–water partition coefficient (Wildman–Crippen LogP) is 3.30. The molecule has 1 aromatic heterocycles. The number of hydrogen-bond donors (Lipinski definition) is 1. The smallest absolute Gasteiger partial charge is 0.274 e. The Labute approximate surface area is 145 Å². The lowest BCUT2D eigenvalue weighted by atomic mass is 10.2. The second kappa shape index (κ2) is 7.05. The molecule has 1 aliphatic heterocycles. The summed E-state index contributed by atoms with van der Waals surface area (Å²) >= 11 is 6.00. The molecule has 0 bridgehead atoms. The molecule has 1 amide bonds. The number of methoxy groups -OCH3 is 1. The number of hydrogen-bond acceptors (Lipinski definition) is 5. The summed E-state index contributed by atoms with van der Waals surface area (Å²) in [4.78, 5) is 23.5. The zero-order valence-electron chi connectivity index (χ0n) is 13.7. The molecule has 1 N–H and O–H groups in total. The third-order valence-corrected chi connectivity index (χ3v) is 4.13. The average molecular weight is 347 g/mol. The molecule has 2 aromatic rings. The second-order valence-electron chi connectivity index (χ2n) is 5.65. The average Bonchev–Trinajstić information content (AvgIpc) is 3.09. The monoisotopic (exact) mass is 346 g/mol. The van der Waals surface area contributed by atoms with E-state index in [-0.39, 0.29) is 5.91 Å². The van der Waals surface area contributed by atoms with Crippen LogP contribution in [0.5, 0.6) is 5.75 Å². The Bertz CT molecular complexity index is 760. The van der Waals surface area contributed by atoms with Crippen LogP contribution in [0.25, 0.3) is 0 Å². The number of halogens is 1. The SMILES string of the molecule is COc1ccc(Cl)cc1NC(=O)c1cc(N2CCCC2)nc(C)n1. The highest BCUT2D eigenvalue weighted by atomic mass is 35.5. The molecular formula is C17H19ClN4O2. The van der Waals surface area contributed by atoms with Crippen molar-refractivity contribution in [2.75, 3.05) is 30.4 Å². The van der Waals surface area contributed by atoms with E-state index in [2.05, 4.69) is 20.2 Å². The van der Waals surface area contributed by atoms with Crippen LogP contribution in [0.1, 0.15) is 29.2 Å². The lowest BCUT2D eigenvalue weighted by Crippen LogP contribution is -2.22. The number of anilines is 2. The van der Waals surface area contributed by atoms with Crippen LogP contribution in [-0.2, 0) is 0 Å². The van der Waals surface area contributed by atoms with Crippen molar-refractivity contribution in [1.82, 2.24) is 9.97 Å². The molecule has 0 saturated carbocycles. The number of nitrogens with zero attached hydrogens (tertiary/aromatic N) is 3. The first-order valence-corrected chi connectivity index (χ1v) is 8.20. The van der Waals surface area contributed by atoms with E-state index in [1.54, 1.807) is 38.3 Å². The Balaban J connectivity index is 1.86. The van der Waals surface area contributed by atoms with Crippen molar-refractivity contribution in [2.24, 2.45) is 0 Å². The molecule has 2 heterocycles. The highest BCUT2D eigenvalue weighted by Gasteiger charge is 2.18. The molecular weight excluding hydrogens is 328 g/mol. The van der Waals surface area contributed by atoms with Gasteiger partial charge in [-0.15, -0.1) is 0 Å². The van der Waals surface area contributed by atoms with E-state index < -0.39 is 0 Å². The molecule has 1 aromatic carbocycles. The van der Waals surface area contributed by atoms with Crippen LogP contribution in [-0.4, -0.2) is 36.1 Å². The van der Waals surface area contributed by atoms with Gasteiger partial charge < -0.3 is 15.0 Å². The van der Waals surface area contributed by atoms with E-state index >= 15 is 0 Å². The molecule has 0 radical (unpaired) electrons. The van der Waals surface area contributed by atoms with Crippen molar-refractivity contribution in [3.05, 3.63) is 40.8 Å². The number of nitrogens with one attached hydrogen (secondary N) is 1. The molecule has 0 unspecified atom stereocenters. The van der Waals surface area contributed by atoms with Gasteiger partial charge in [0.2, 0.25) is 0 Å². The first-order valence-electron chi connectivity index (χ1n) is 7.82. The van der Waals surface area contributed by atoms with Crippen molar-refractivity contribution in [3.63, 3.8) is 0 Å². The fourth-order valence-corrected chi connectivity index (χ4v) is 2.91. The Morgan fingerprint density at radius 3 is 2.71 bits per heavy atom. The van der Waals surface area contributed by atoms with Crippen molar-refractivity contribution < 1.29 is 9.53 Å². The summed E-state index contributed by atoms with van der Waals surface area (Å²) in [5, 5.41) is 3.32. The van der Waals surface area contributed by atoms with Crippen molar-refractivity contribution in [3.8, 4) is 5.75 Å². The molecule has 24 heavy (non-hydrogen) atoms. The largest absolute Gasteiger partial charge is 0.495 e. The minimum Gasteiger partial charge on any atom is -0.495 e. The van der Waals surface area contributed by atoms with Gasteiger partial charge in [-0.2, -0.15) is 0 Å². The quantitative estimate of drug-likeness (QED) is 0.920. The van der Waals surface area contributed by atoms with Gasteiger partial charge in [0.15, 0.2) is 0 Å². The zero-order chi connectivity index (χ0) is 17.1. The minimum absolute atomic E-state index is 0.318. The second-order valence-corrected chi connectivity index (χ2v) is 6.09. The minimum atomic E-state index is -0.318. The van der Waals surface area contributed by atoms with Gasteiger partial charge in [-0.25, -0.2) is 9.97 Å². The topological polar surface area (TPSA) is 67.3 Å². The number of carbonyl (C=O) groups excluding carboxylic acids is 1. The van der Waals surface area contributed by atoms with E-state index in [0.29, 0.717) is 28.0 Å². The first-order chi connectivity index (χ1) is 11.6. The Hall–Kier alpha value is -2.34. The third kappa shape index (κ3) is 3.59. The Morgan fingerprint density at radius 2 is 2.00 bits per heavy atom. The molecule has 126 valence electrons. The van der Waals surface area contributed by atoms with Crippen LogP contribution < -0.4 is 15.0 Å². The number of rotatable bonds is 4. The highest BCUT2D eigenvalue weighted by Crippen LogP contribution is 2.28. The van der Waals surface area contributed by atoms with E-state index in [1.807, 2.05) is 0 Å². The van der Waals surface area contributed by atoms with E-state index in [9.17, 15) is 4.79 Å². The van der Waals surface area contributed by atoms with Crippen LogP contribution in [0.15, 0.2) is 24.3 Å². The van der Waals surface area contributed by atoms with Gasteiger partial charge in [0.05, 0.1) is 12.8 Å². The standard InChI is InChI=1S/C17H19ClN4O2/c1-11-19-14(10-16(20-11)22-7-3-4-8-22)17(23)21-13-9-12(18)5-6-15(13)24-2/h5-6,9-10H,3-4,7-8H2,1-2H3,(H,21,23). The Kier molecular flexibility index (Phi) is 4.85. The van der Waals surface area contributed by atoms with E-state index in [0.717, 1.165) is 31.7 Å². The lowest BCUT2D eigenvalue weighted by molar-refractivity contribution is 0.102. The summed E-state index contributed by atoms with van der Waals surface area (Å²) in [5.41, 5.74) is 0.834. The fourth-order valence-electron chi connectivity index (χ4n) is 2.74. The molecule has 3 rings (SSSR count). The lowest BCUT2D eigenvalue weighted by Gasteiger charge is -2.17. The van der Waals surface area contributed by atoms with Gasteiger partial charge >= 0.3 is 0 Å². The van der Waals surface area contributed by atoms with Gasteiger partial charge in [0.1, 0.15) is 23.1 Å². The van der Waals surface area contributed by atoms with Gasteiger partial charge in [0, 0.05) is 24.2 Å². The molecule has 0 atom stereocenters. The van der Waals surface area contributed by atoms with Gasteiger partial charge in [-0.1, -0.05) is 11.6 Å². The third-order valence-electron chi connectivity index (χ3n) is 3.90. The summed E-state index contributed by atoms with van der Waals surface area (Å²) in [6.45, 7) is 3.70. The number of amides is 1. The van der Waals surface area contributed by atoms with Crippen LogP contribution in [0.3, 0.4) is 0 Å². The van der Waals surface area contributed by atoms with Crippen molar-refractivity contribution in [1.29, 1.82) is 0 Å². The molecule has 7 heteroatoms. The highest BCUT2D eigenvalue weighted by molar-refractivity contribution is 6.31. The van der Waals surface area contributed by atoms with Crippen molar-refractivity contribution >= 4 is 29.0 Å². The summed E-state index contributed by atoms with van der Waals surface area (Å²) in [5.74, 6) is 1.59. The number of carbonyl (C=O) groups is 1. The fraction of sp³-hybridized carbons (Fsp3) is 0.353. The molecule has 1 saturated heterocycles. The predicted molar refractivity (Wildman–Crippen MR) is 94.2 cm³/mol. The maximum Gasteiger partial charge on any atom is 0.274 e. The zero-order valence-corrected chi connectivity index (χ0v) is 14.4. The maximum absolute atomic E-state index is 12.6. The van der Waals surface area contributed by atoms with Gasteiger partial charge in [-0.3, -0.25) is 4.79 Å². The summed E-state index contributed by atoms with van der Waals surface area (Å²) < 4.78 is 5.25. The summed E-state index contributed by atoms with van der Waals surface area (Å²) in [6, 6.07) is 6.79. The Morgan fingerprint density at radius 1 is 1.25 bits per heavy atom. The van der Waals surface area contributed by atoms with Crippen LogP contribution >= 0.6 is 11.6 Å². The molecule has 0 aliphatic carbocycles. The van der Waals surface area contributed by atoms with Crippen LogP contribution in [0.4, 0.5) is 11.5 Å². The number of benzene rings is 1. The maximum atomic E-state index is 12.6.